The fraction of sp³-hybridized carbons (Fsp3) is 0.619. The second kappa shape index (κ2) is 8.09. The average Bonchev–Trinajstić information content (AvgIpc) is 2.67. The zero-order chi connectivity index (χ0) is 18.7. The Labute approximate surface area is 157 Å². The molecule has 5 nitrogen and oxygen atoms in total. The largest absolute Gasteiger partial charge is 0.372 e. The molecule has 0 radical (unpaired) electrons. The summed E-state index contributed by atoms with van der Waals surface area (Å²) in [6.07, 6.45) is 1.83. The Morgan fingerprint density at radius 2 is 1.69 bits per heavy atom. The molecule has 2 saturated heterocycles. The molecular formula is C21H30N4O. The van der Waals surface area contributed by atoms with E-state index < -0.39 is 0 Å². The first-order chi connectivity index (χ1) is 12.5. The molecule has 2 aliphatic rings. The number of nitrogens with zero attached hydrogens (tertiary/aromatic N) is 4. The van der Waals surface area contributed by atoms with Gasteiger partial charge in [-0.05, 0) is 45.4 Å². The molecule has 0 unspecified atom stereocenters. The Bertz CT molecular complexity index is 646. The van der Waals surface area contributed by atoms with E-state index in [2.05, 4.69) is 40.3 Å². The molecule has 0 aliphatic carbocycles. The summed E-state index contributed by atoms with van der Waals surface area (Å²) >= 11 is 0. The summed E-state index contributed by atoms with van der Waals surface area (Å²) in [6, 6.07) is 8.65. The van der Waals surface area contributed by atoms with Gasteiger partial charge in [0.25, 0.3) is 0 Å². The molecule has 2 fully saturated rings. The number of piperidine rings is 1. The van der Waals surface area contributed by atoms with Crippen molar-refractivity contribution in [2.24, 2.45) is 5.92 Å². The molecule has 1 amide bonds. The normalized spacial score (nSPS) is 25.2. The minimum absolute atomic E-state index is 0.154. The van der Waals surface area contributed by atoms with Crippen molar-refractivity contribution in [3.63, 3.8) is 0 Å². The number of rotatable bonds is 3. The summed E-state index contributed by atoms with van der Waals surface area (Å²) in [7, 11) is 0. The van der Waals surface area contributed by atoms with E-state index in [0.29, 0.717) is 23.7 Å². The van der Waals surface area contributed by atoms with Crippen molar-refractivity contribution in [1.29, 1.82) is 0 Å². The maximum atomic E-state index is 13.0. The maximum absolute atomic E-state index is 13.0. The van der Waals surface area contributed by atoms with Crippen LogP contribution in [0.4, 0.5) is 11.4 Å². The van der Waals surface area contributed by atoms with Crippen molar-refractivity contribution < 1.29 is 4.79 Å². The lowest BCUT2D eigenvalue weighted by Crippen LogP contribution is -2.59. The number of carbonyl (C=O) groups is 1. The van der Waals surface area contributed by atoms with Crippen molar-refractivity contribution in [2.45, 2.75) is 45.7 Å². The molecule has 26 heavy (non-hydrogen) atoms. The zero-order valence-electron chi connectivity index (χ0n) is 16.2. The molecule has 1 aromatic rings. The molecule has 1 aromatic carbocycles. The molecule has 140 valence electrons. The molecule has 5 heteroatoms. The van der Waals surface area contributed by atoms with Crippen molar-refractivity contribution in [3.8, 4) is 0 Å². The first-order valence-electron chi connectivity index (χ1n) is 9.80. The highest BCUT2D eigenvalue weighted by atomic mass is 16.2. The number of benzene rings is 1. The van der Waals surface area contributed by atoms with E-state index >= 15 is 0 Å². The highest BCUT2D eigenvalue weighted by Crippen LogP contribution is 2.27. The minimum Gasteiger partial charge on any atom is -0.372 e. The molecule has 2 atom stereocenters. The van der Waals surface area contributed by atoms with E-state index in [1.165, 1.54) is 0 Å². The number of anilines is 1. The van der Waals surface area contributed by atoms with Gasteiger partial charge in [-0.25, -0.2) is 4.85 Å². The lowest BCUT2D eigenvalue weighted by molar-refractivity contribution is -0.140. The highest BCUT2D eigenvalue weighted by molar-refractivity contribution is 5.79. The Balaban J connectivity index is 1.56. The third kappa shape index (κ3) is 3.86. The monoisotopic (exact) mass is 354 g/mol. The molecule has 0 bridgehead atoms. The van der Waals surface area contributed by atoms with E-state index in [1.54, 1.807) is 0 Å². The first-order valence-corrected chi connectivity index (χ1v) is 9.80. The van der Waals surface area contributed by atoms with Gasteiger partial charge >= 0.3 is 0 Å². The fourth-order valence-electron chi connectivity index (χ4n) is 4.54. The van der Waals surface area contributed by atoms with Crippen LogP contribution < -0.4 is 4.90 Å². The minimum atomic E-state index is 0.154. The number of hydrogen-bond donors (Lipinski definition) is 0. The van der Waals surface area contributed by atoms with Crippen LogP contribution in [0.1, 0.15) is 33.6 Å². The molecule has 0 N–H and O–H groups in total. The Hall–Kier alpha value is -2.06. The summed E-state index contributed by atoms with van der Waals surface area (Å²) in [5.41, 5.74) is 1.83. The number of carbonyl (C=O) groups excluding carboxylic acids is 1. The topological polar surface area (TPSA) is 31.2 Å². The first kappa shape index (κ1) is 18.7. The zero-order valence-corrected chi connectivity index (χ0v) is 16.2. The van der Waals surface area contributed by atoms with Gasteiger partial charge in [0.1, 0.15) is 0 Å². The Morgan fingerprint density at radius 1 is 1.12 bits per heavy atom. The van der Waals surface area contributed by atoms with Gasteiger partial charge in [-0.3, -0.25) is 9.69 Å². The SMILES string of the molecule is [C-]#[N+]c1ccc(N2CCC(C(=O)N3C[C@H](C)N(CC)[C@@H](C)C3)CC2)cc1. The van der Waals surface area contributed by atoms with Crippen molar-refractivity contribution in [3.05, 3.63) is 35.7 Å². The van der Waals surface area contributed by atoms with Gasteiger partial charge in [-0.2, -0.15) is 0 Å². The van der Waals surface area contributed by atoms with Gasteiger partial charge in [0, 0.05) is 49.9 Å². The van der Waals surface area contributed by atoms with E-state index in [9.17, 15) is 4.79 Å². The third-order valence-corrected chi connectivity index (χ3v) is 5.97. The van der Waals surface area contributed by atoms with Crippen LogP contribution in [0.2, 0.25) is 0 Å². The predicted molar refractivity (Wildman–Crippen MR) is 106 cm³/mol. The smallest absolute Gasteiger partial charge is 0.225 e. The highest BCUT2D eigenvalue weighted by Gasteiger charge is 2.34. The van der Waals surface area contributed by atoms with Crippen LogP contribution in [0.25, 0.3) is 4.85 Å². The molecule has 2 aliphatic heterocycles. The number of hydrogen-bond acceptors (Lipinski definition) is 3. The molecular weight excluding hydrogens is 324 g/mol. The van der Waals surface area contributed by atoms with E-state index in [-0.39, 0.29) is 5.92 Å². The average molecular weight is 354 g/mol. The van der Waals surface area contributed by atoms with Crippen LogP contribution in [0.5, 0.6) is 0 Å². The van der Waals surface area contributed by atoms with Crippen molar-refractivity contribution in [2.75, 3.05) is 37.6 Å². The van der Waals surface area contributed by atoms with Gasteiger partial charge in [0.2, 0.25) is 5.91 Å². The van der Waals surface area contributed by atoms with Crippen LogP contribution in [-0.4, -0.2) is 60.5 Å². The van der Waals surface area contributed by atoms with Gasteiger partial charge in [-0.15, -0.1) is 0 Å². The summed E-state index contributed by atoms with van der Waals surface area (Å²) in [6.45, 7) is 18.3. The van der Waals surface area contributed by atoms with Gasteiger partial charge in [0.15, 0.2) is 5.69 Å². The number of likely N-dealkylation sites (N-methyl/N-ethyl adjacent to an activating group) is 1. The second-order valence-electron chi connectivity index (χ2n) is 7.66. The van der Waals surface area contributed by atoms with Crippen LogP contribution >= 0.6 is 0 Å². The predicted octanol–water partition coefficient (Wildman–Crippen LogP) is 3.39. The third-order valence-electron chi connectivity index (χ3n) is 5.97. The summed E-state index contributed by atoms with van der Waals surface area (Å²) < 4.78 is 0. The van der Waals surface area contributed by atoms with E-state index in [1.807, 2.05) is 24.3 Å². The Kier molecular flexibility index (Phi) is 5.83. The standard InChI is InChI=1S/C21H30N4O/c1-5-25-16(2)14-24(15-17(25)3)21(26)18-10-12-23(13-11-18)20-8-6-19(22-4)7-9-20/h6-9,16-18H,5,10-15H2,1-3H3/t16-,17-/m0/s1. The van der Waals surface area contributed by atoms with E-state index in [0.717, 1.165) is 51.3 Å². The van der Waals surface area contributed by atoms with Crippen LogP contribution in [0.15, 0.2) is 24.3 Å². The lowest BCUT2D eigenvalue weighted by atomic mass is 9.93. The quantitative estimate of drug-likeness (QED) is 0.780. The fourth-order valence-corrected chi connectivity index (χ4v) is 4.54. The molecule has 0 spiro atoms. The number of piperazine rings is 1. The van der Waals surface area contributed by atoms with Gasteiger partial charge in [0.05, 0.1) is 6.57 Å². The van der Waals surface area contributed by atoms with Crippen molar-refractivity contribution >= 4 is 17.3 Å². The van der Waals surface area contributed by atoms with Crippen LogP contribution in [-0.2, 0) is 4.79 Å². The maximum Gasteiger partial charge on any atom is 0.225 e. The Morgan fingerprint density at radius 3 is 2.19 bits per heavy atom. The molecule has 3 rings (SSSR count). The summed E-state index contributed by atoms with van der Waals surface area (Å²) in [5, 5.41) is 0. The molecule has 0 saturated carbocycles. The lowest BCUT2D eigenvalue weighted by Gasteiger charge is -2.45. The summed E-state index contributed by atoms with van der Waals surface area (Å²) in [5.74, 6) is 0.504. The van der Waals surface area contributed by atoms with Gasteiger partial charge < -0.3 is 9.80 Å². The second-order valence-corrected chi connectivity index (χ2v) is 7.66. The van der Waals surface area contributed by atoms with Gasteiger partial charge in [-0.1, -0.05) is 19.1 Å². The van der Waals surface area contributed by atoms with Crippen molar-refractivity contribution in [1.82, 2.24) is 9.80 Å². The summed E-state index contributed by atoms with van der Waals surface area (Å²) in [4.78, 5) is 23.4. The van der Waals surface area contributed by atoms with Crippen LogP contribution in [0, 0.1) is 12.5 Å². The van der Waals surface area contributed by atoms with Crippen LogP contribution in [0.3, 0.4) is 0 Å². The van der Waals surface area contributed by atoms with E-state index in [4.69, 9.17) is 6.57 Å². The molecule has 0 aromatic heterocycles. The molecule has 2 heterocycles. The number of amides is 1.